The number of hydrogen-bond acceptors (Lipinski definition) is 2. The van der Waals surface area contributed by atoms with Crippen LogP contribution >= 0.6 is 27.5 Å². The van der Waals surface area contributed by atoms with Gasteiger partial charge in [-0.05, 0) is 29.8 Å². The van der Waals surface area contributed by atoms with Crippen molar-refractivity contribution in [2.24, 2.45) is 5.10 Å². The minimum Gasteiger partial charge on any atom is -0.270 e. The third-order valence-corrected chi connectivity index (χ3v) is 5.46. The second-order valence-electron chi connectivity index (χ2n) is 6.38. The molecule has 0 spiro atoms. The van der Waals surface area contributed by atoms with Gasteiger partial charge in [0.1, 0.15) is 0 Å². The highest BCUT2D eigenvalue weighted by atomic mass is 79.9. The molecule has 1 aliphatic heterocycles. The lowest BCUT2D eigenvalue weighted by molar-refractivity contribution is -0.118. The Morgan fingerprint density at radius 2 is 1.59 bits per heavy atom. The van der Waals surface area contributed by atoms with Gasteiger partial charge in [0.05, 0.1) is 11.4 Å². The van der Waals surface area contributed by atoms with E-state index in [0.29, 0.717) is 17.8 Å². The molecule has 0 unspecified atom stereocenters. The molecule has 1 aliphatic rings. The van der Waals surface area contributed by atoms with Crippen molar-refractivity contribution in [1.82, 2.24) is 0 Å². The zero-order valence-electron chi connectivity index (χ0n) is 14.3. The summed E-state index contributed by atoms with van der Waals surface area (Å²) in [5.74, 6) is -0.241. The summed E-state index contributed by atoms with van der Waals surface area (Å²) in [6.45, 7) is 0. The van der Waals surface area contributed by atoms with E-state index in [-0.39, 0.29) is 5.91 Å². The quantitative estimate of drug-likeness (QED) is 0.500. The van der Waals surface area contributed by atoms with Gasteiger partial charge in [0.15, 0.2) is 4.87 Å². The third kappa shape index (κ3) is 3.43. The third-order valence-electron chi connectivity index (χ3n) is 4.49. The van der Waals surface area contributed by atoms with Gasteiger partial charge in [-0.15, -0.1) is 11.6 Å². The average Bonchev–Trinajstić information content (AvgIpc) is 2.94. The van der Waals surface area contributed by atoms with Gasteiger partial charge in [-0.2, -0.15) is 10.1 Å². The largest absolute Gasteiger partial charge is 0.275 e. The van der Waals surface area contributed by atoms with Crippen molar-refractivity contribution < 1.29 is 4.79 Å². The first-order chi connectivity index (χ1) is 13.1. The molecule has 27 heavy (non-hydrogen) atoms. The Balaban J connectivity index is 1.80. The predicted octanol–water partition coefficient (Wildman–Crippen LogP) is 5.42. The van der Waals surface area contributed by atoms with Gasteiger partial charge in [-0.1, -0.05) is 76.6 Å². The summed E-state index contributed by atoms with van der Waals surface area (Å²) >= 11 is 10.5. The maximum Gasteiger partial charge on any atom is 0.275 e. The molecule has 1 atom stereocenters. The molecule has 4 rings (SSSR count). The number of alkyl halides is 1. The molecule has 0 saturated heterocycles. The SMILES string of the molecule is O=C1N(c2ccccc2)N=C(c2ccccc2)[C@]1(Cl)Cc1cccc(Br)c1. The molecule has 0 aromatic heterocycles. The lowest BCUT2D eigenvalue weighted by atomic mass is 9.89. The Morgan fingerprint density at radius 3 is 2.26 bits per heavy atom. The van der Waals surface area contributed by atoms with Crippen LogP contribution in [0.25, 0.3) is 0 Å². The summed E-state index contributed by atoms with van der Waals surface area (Å²) in [4.78, 5) is 12.1. The molecule has 0 fully saturated rings. The van der Waals surface area contributed by atoms with Crippen LogP contribution in [0.1, 0.15) is 11.1 Å². The first-order valence-electron chi connectivity index (χ1n) is 8.55. The minimum absolute atomic E-state index is 0.241. The van der Waals surface area contributed by atoms with Crippen LogP contribution in [0.4, 0.5) is 5.69 Å². The Hall–Kier alpha value is -2.43. The van der Waals surface area contributed by atoms with Crippen molar-refractivity contribution in [3.8, 4) is 0 Å². The average molecular weight is 440 g/mol. The maximum absolute atomic E-state index is 13.4. The fourth-order valence-corrected chi connectivity index (χ4v) is 4.04. The molecule has 1 amide bonds. The van der Waals surface area contributed by atoms with Crippen molar-refractivity contribution in [3.63, 3.8) is 0 Å². The second kappa shape index (κ2) is 7.29. The van der Waals surface area contributed by atoms with Crippen molar-refractivity contribution in [1.29, 1.82) is 0 Å². The summed E-state index contributed by atoms with van der Waals surface area (Å²) in [5, 5.41) is 6.05. The lowest BCUT2D eigenvalue weighted by Crippen LogP contribution is -2.43. The predicted molar refractivity (Wildman–Crippen MR) is 113 cm³/mol. The van der Waals surface area contributed by atoms with Crippen LogP contribution in [-0.2, 0) is 11.2 Å². The van der Waals surface area contributed by atoms with Crippen LogP contribution in [0.15, 0.2) is 94.5 Å². The molecule has 0 bridgehead atoms. The van der Waals surface area contributed by atoms with Crippen molar-refractivity contribution in [2.45, 2.75) is 11.3 Å². The van der Waals surface area contributed by atoms with E-state index < -0.39 is 4.87 Å². The van der Waals surface area contributed by atoms with E-state index in [1.165, 1.54) is 5.01 Å². The first kappa shape index (κ1) is 18.0. The molecule has 3 nitrogen and oxygen atoms in total. The number of carbonyl (C=O) groups is 1. The molecule has 0 saturated carbocycles. The highest BCUT2D eigenvalue weighted by Crippen LogP contribution is 2.37. The number of anilines is 1. The van der Waals surface area contributed by atoms with Crippen molar-refractivity contribution >= 4 is 44.8 Å². The molecule has 3 aromatic carbocycles. The number of nitrogens with zero attached hydrogens (tertiary/aromatic N) is 2. The zero-order valence-corrected chi connectivity index (χ0v) is 16.7. The van der Waals surface area contributed by atoms with E-state index in [9.17, 15) is 4.79 Å². The van der Waals surface area contributed by atoms with E-state index in [2.05, 4.69) is 21.0 Å². The minimum atomic E-state index is -1.27. The summed E-state index contributed by atoms with van der Waals surface area (Å²) in [6, 6.07) is 26.8. The fourth-order valence-electron chi connectivity index (χ4n) is 3.21. The topological polar surface area (TPSA) is 32.7 Å². The molecular weight excluding hydrogens is 424 g/mol. The number of benzene rings is 3. The Bertz CT molecular complexity index is 1010. The lowest BCUT2D eigenvalue weighted by Gasteiger charge is -2.23. The Labute approximate surface area is 171 Å². The van der Waals surface area contributed by atoms with E-state index >= 15 is 0 Å². The van der Waals surface area contributed by atoms with E-state index in [0.717, 1.165) is 15.6 Å². The van der Waals surface area contributed by atoms with Crippen LogP contribution in [0.3, 0.4) is 0 Å². The van der Waals surface area contributed by atoms with Crippen molar-refractivity contribution in [3.05, 3.63) is 101 Å². The monoisotopic (exact) mass is 438 g/mol. The van der Waals surface area contributed by atoms with Crippen LogP contribution < -0.4 is 5.01 Å². The zero-order chi connectivity index (χ0) is 18.9. The van der Waals surface area contributed by atoms with Gasteiger partial charge in [-0.3, -0.25) is 4.79 Å². The van der Waals surface area contributed by atoms with Gasteiger partial charge in [0, 0.05) is 16.5 Å². The molecule has 0 radical (unpaired) electrons. The molecule has 0 N–H and O–H groups in total. The number of rotatable bonds is 4. The standard InChI is InChI=1S/C22H16BrClN2O/c23-18-11-7-8-16(14-18)15-22(24)20(17-9-3-1-4-10-17)25-26(21(22)27)19-12-5-2-6-13-19/h1-14H,15H2/t22-/m1/s1. The second-order valence-corrected chi connectivity index (χ2v) is 7.94. The summed E-state index contributed by atoms with van der Waals surface area (Å²) < 4.78 is 0.948. The molecule has 0 aliphatic carbocycles. The summed E-state index contributed by atoms with van der Waals surface area (Å²) in [6.07, 6.45) is 0.351. The molecular formula is C22H16BrClN2O. The Morgan fingerprint density at radius 1 is 0.926 bits per heavy atom. The normalized spacial score (nSPS) is 19.3. The van der Waals surface area contributed by atoms with Crippen LogP contribution in [0.2, 0.25) is 0 Å². The number of carbonyl (C=O) groups excluding carboxylic acids is 1. The summed E-state index contributed by atoms with van der Waals surface area (Å²) in [5.41, 5.74) is 3.08. The molecule has 1 heterocycles. The highest BCUT2D eigenvalue weighted by molar-refractivity contribution is 9.10. The van der Waals surface area contributed by atoms with Gasteiger partial charge in [0.25, 0.3) is 5.91 Å². The fraction of sp³-hybridized carbons (Fsp3) is 0.0909. The van der Waals surface area contributed by atoms with Crippen LogP contribution in [0.5, 0.6) is 0 Å². The van der Waals surface area contributed by atoms with E-state index in [1.54, 1.807) is 0 Å². The van der Waals surface area contributed by atoms with Gasteiger partial charge in [-0.25, -0.2) is 0 Å². The number of amides is 1. The smallest absolute Gasteiger partial charge is 0.270 e. The Kier molecular flexibility index (Phi) is 4.85. The molecule has 3 aromatic rings. The molecule has 5 heteroatoms. The van der Waals surface area contributed by atoms with Gasteiger partial charge in [0.2, 0.25) is 0 Å². The van der Waals surface area contributed by atoms with Gasteiger partial charge >= 0.3 is 0 Å². The highest BCUT2D eigenvalue weighted by Gasteiger charge is 2.50. The number of para-hydroxylation sites is 1. The number of halogens is 2. The first-order valence-corrected chi connectivity index (χ1v) is 9.72. The molecule has 134 valence electrons. The number of hydrazone groups is 1. The van der Waals surface area contributed by atoms with E-state index in [1.807, 2.05) is 84.9 Å². The van der Waals surface area contributed by atoms with Crippen molar-refractivity contribution in [2.75, 3.05) is 5.01 Å². The van der Waals surface area contributed by atoms with Crippen LogP contribution in [-0.4, -0.2) is 16.5 Å². The van der Waals surface area contributed by atoms with Crippen LogP contribution in [0, 0.1) is 0 Å². The van der Waals surface area contributed by atoms with E-state index in [4.69, 9.17) is 11.6 Å². The number of hydrogen-bond donors (Lipinski definition) is 0. The van der Waals surface area contributed by atoms with Gasteiger partial charge < -0.3 is 0 Å². The summed E-state index contributed by atoms with van der Waals surface area (Å²) in [7, 11) is 0. The maximum atomic E-state index is 13.4.